The van der Waals surface area contributed by atoms with Gasteiger partial charge in [-0.1, -0.05) is 0 Å². The minimum atomic E-state index is -3.08. The van der Waals surface area contributed by atoms with Gasteiger partial charge in [0, 0.05) is 0 Å². The summed E-state index contributed by atoms with van der Waals surface area (Å²) in [7, 11) is 0. The second-order valence-corrected chi connectivity index (χ2v) is 2.81. The van der Waals surface area contributed by atoms with Crippen LogP contribution in [0.5, 0.6) is 0 Å². The molecule has 1 fully saturated rings. The SMILES string of the molecule is OS1(O)OCCCO1. The van der Waals surface area contributed by atoms with E-state index in [-0.39, 0.29) is 0 Å². The smallest absolute Gasteiger partial charge is 0.219 e. The van der Waals surface area contributed by atoms with E-state index in [1.165, 1.54) is 0 Å². The van der Waals surface area contributed by atoms with Crippen LogP contribution in [0.2, 0.25) is 0 Å². The first kappa shape index (κ1) is 6.31. The van der Waals surface area contributed by atoms with Crippen LogP contribution in [0.3, 0.4) is 0 Å². The average molecular weight is 140 g/mol. The van der Waals surface area contributed by atoms with E-state index >= 15 is 0 Å². The Balaban J connectivity index is 2.33. The van der Waals surface area contributed by atoms with Crippen LogP contribution in [-0.4, -0.2) is 22.3 Å². The molecule has 1 aliphatic rings. The normalized spacial score (nSPS) is 31.8. The summed E-state index contributed by atoms with van der Waals surface area (Å²) < 4.78 is 26.0. The van der Waals surface area contributed by atoms with E-state index in [9.17, 15) is 0 Å². The molecular formula is C3H8O4S. The Morgan fingerprint density at radius 3 is 1.88 bits per heavy atom. The lowest BCUT2D eigenvalue weighted by Crippen LogP contribution is -2.15. The Kier molecular flexibility index (Phi) is 1.74. The zero-order chi connectivity index (χ0) is 6.04. The number of hydrogen-bond donors (Lipinski definition) is 2. The van der Waals surface area contributed by atoms with Gasteiger partial charge in [-0.3, -0.25) is 17.5 Å². The van der Waals surface area contributed by atoms with E-state index in [1.807, 2.05) is 0 Å². The molecule has 4 nitrogen and oxygen atoms in total. The van der Waals surface area contributed by atoms with Crippen molar-refractivity contribution in [2.75, 3.05) is 13.2 Å². The van der Waals surface area contributed by atoms with Crippen LogP contribution in [0.25, 0.3) is 0 Å². The first-order valence-corrected chi connectivity index (χ1v) is 3.67. The third-order valence-electron chi connectivity index (χ3n) is 0.762. The van der Waals surface area contributed by atoms with Crippen molar-refractivity contribution >= 4 is 11.2 Å². The van der Waals surface area contributed by atoms with Gasteiger partial charge in [0.25, 0.3) is 0 Å². The molecule has 0 radical (unpaired) electrons. The second-order valence-electron chi connectivity index (χ2n) is 1.45. The highest BCUT2D eigenvalue weighted by molar-refractivity contribution is 8.16. The topological polar surface area (TPSA) is 58.9 Å². The Labute approximate surface area is 49.2 Å². The lowest BCUT2D eigenvalue weighted by atomic mass is 10.5. The van der Waals surface area contributed by atoms with Crippen molar-refractivity contribution in [3.63, 3.8) is 0 Å². The molecule has 1 aliphatic heterocycles. The molecule has 5 heteroatoms. The Morgan fingerprint density at radius 1 is 1.12 bits per heavy atom. The van der Waals surface area contributed by atoms with E-state index in [1.54, 1.807) is 0 Å². The molecule has 0 aromatic heterocycles. The molecule has 0 spiro atoms. The summed E-state index contributed by atoms with van der Waals surface area (Å²) in [5.41, 5.74) is 0. The molecule has 2 N–H and O–H groups in total. The molecule has 1 heterocycles. The molecule has 1 rings (SSSR count). The van der Waals surface area contributed by atoms with E-state index in [2.05, 4.69) is 8.37 Å². The second kappa shape index (κ2) is 2.20. The molecule has 0 aromatic carbocycles. The van der Waals surface area contributed by atoms with Crippen molar-refractivity contribution in [1.29, 1.82) is 0 Å². The zero-order valence-electron chi connectivity index (χ0n) is 4.24. The third kappa shape index (κ3) is 1.61. The van der Waals surface area contributed by atoms with Crippen LogP contribution in [0.1, 0.15) is 6.42 Å². The average Bonchev–Trinajstić information content (AvgIpc) is 1.65. The summed E-state index contributed by atoms with van der Waals surface area (Å²) in [5.74, 6) is 0. The number of hydrogen-bond acceptors (Lipinski definition) is 4. The lowest BCUT2D eigenvalue weighted by molar-refractivity contribution is 0.109. The van der Waals surface area contributed by atoms with Gasteiger partial charge in [-0.2, -0.15) is 0 Å². The summed E-state index contributed by atoms with van der Waals surface area (Å²) in [6, 6.07) is 0. The van der Waals surface area contributed by atoms with E-state index < -0.39 is 11.2 Å². The van der Waals surface area contributed by atoms with Crippen LogP contribution in [0.4, 0.5) is 0 Å². The standard InChI is InChI=1S/C3H8O4S/c4-8(5)6-2-1-3-7-8/h4-5H,1-3H2. The van der Waals surface area contributed by atoms with Gasteiger partial charge in [-0.25, -0.2) is 0 Å². The van der Waals surface area contributed by atoms with E-state index in [4.69, 9.17) is 9.11 Å². The molecule has 0 aliphatic carbocycles. The monoisotopic (exact) mass is 140 g/mol. The minimum absolute atomic E-state index is 0.377. The Hall–Kier alpha value is 0.190. The molecule has 50 valence electrons. The van der Waals surface area contributed by atoms with Crippen molar-refractivity contribution < 1.29 is 17.5 Å². The molecular weight excluding hydrogens is 132 g/mol. The summed E-state index contributed by atoms with van der Waals surface area (Å²) in [6.45, 7) is 0.755. The minimum Gasteiger partial charge on any atom is -0.287 e. The van der Waals surface area contributed by atoms with Crippen LogP contribution in [0, 0.1) is 0 Å². The molecule has 0 unspecified atom stereocenters. The summed E-state index contributed by atoms with van der Waals surface area (Å²) in [4.78, 5) is 0. The Bertz CT molecular complexity index is 75.4. The fraction of sp³-hybridized carbons (Fsp3) is 1.00. The van der Waals surface area contributed by atoms with Crippen molar-refractivity contribution in [2.45, 2.75) is 6.42 Å². The van der Waals surface area contributed by atoms with Gasteiger partial charge >= 0.3 is 0 Å². The third-order valence-corrected chi connectivity index (χ3v) is 1.71. The van der Waals surface area contributed by atoms with Crippen molar-refractivity contribution in [2.24, 2.45) is 0 Å². The molecule has 0 bridgehead atoms. The van der Waals surface area contributed by atoms with Crippen LogP contribution < -0.4 is 0 Å². The van der Waals surface area contributed by atoms with Gasteiger partial charge in [-0.05, 0) is 6.42 Å². The summed E-state index contributed by atoms with van der Waals surface area (Å²) in [6.07, 6.45) is 0.732. The largest absolute Gasteiger partial charge is 0.287 e. The van der Waals surface area contributed by atoms with Gasteiger partial charge in [0.05, 0.1) is 13.2 Å². The van der Waals surface area contributed by atoms with Gasteiger partial charge < -0.3 is 0 Å². The molecule has 8 heavy (non-hydrogen) atoms. The highest BCUT2D eigenvalue weighted by Gasteiger charge is 2.22. The predicted molar refractivity (Wildman–Crippen MR) is 29.4 cm³/mol. The first-order valence-electron chi connectivity index (χ1n) is 2.28. The van der Waals surface area contributed by atoms with E-state index in [0.29, 0.717) is 13.2 Å². The summed E-state index contributed by atoms with van der Waals surface area (Å²) in [5, 5.41) is 0. The predicted octanol–water partition coefficient (Wildman–Crippen LogP) is 1.00. The maximum Gasteiger partial charge on any atom is 0.219 e. The molecule has 0 amide bonds. The van der Waals surface area contributed by atoms with Gasteiger partial charge in [0.15, 0.2) is 0 Å². The zero-order valence-corrected chi connectivity index (χ0v) is 5.06. The highest BCUT2D eigenvalue weighted by atomic mass is 32.3. The van der Waals surface area contributed by atoms with Crippen LogP contribution in [-0.2, 0) is 8.37 Å². The first-order chi connectivity index (χ1) is 3.71. The molecule has 0 saturated carbocycles. The molecule has 0 atom stereocenters. The number of rotatable bonds is 0. The van der Waals surface area contributed by atoms with Crippen molar-refractivity contribution in [3.05, 3.63) is 0 Å². The van der Waals surface area contributed by atoms with E-state index in [0.717, 1.165) is 6.42 Å². The summed E-state index contributed by atoms with van der Waals surface area (Å²) >= 11 is -3.08. The van der Waals surface area contributed by atoms with Crippen LogP contribution >= 0.6 is 11.2 Å². The van der Waals surface area contributed by atoms with Crippen LogP contribution in [0.15, 0.2) is 0 Å². The van der Waals surface area contributed by atoms with Gasteiger partial charge in [0.1, 0.15) is 0 Å². The maximum absolute atomic E-state index is 8.57. The molecule has 0 aromatic rings. The fourth-order valence-corrected chi connectivity index (χ4v) is 1.17. The lowest BCUT2D eigenvalue weighted by Gasteiger charge is -2.28. The van der Waals surface area contributed by atoms with Crippen molar-refractivity contribution in [3.8, 4) is 0 Å². The quantitative estimate of drug-likeness (QED) is 0.527. The van der Waals surface area contributed by atoms with Crippen molar-refractivity contribution in [1.82, 2.24) is 0 Å². The Morgan fingerprint density at radius 2 is 1.62 bits per heavy atom. The highest BCUT2D eigenvalue weighted by Crippen LogP contribution is 2.43. The fourth-order valence-electron chi connectivity index (χ4n) is 0.428. The van der Waals surface area contributed by atoms with Gasteiger partial charge in [-0.15, -0.1) is 0 Å². The van der Waals surface area contributed by atoms with Gasteiger partial charge in [0.2, 0.25) is 11.2 Å². The maximum atomic E-state index is 8.57. The molecule has 1 saturated heterocycles.